The van der Waals surface area contributed by atoms with E-state index in [2.05, 4.69) is 0 Å². The predicted octanol–water partition coefficient (Wildman–Crippen LogP) is 2.16. The van der Waals surface area contributed by atoms with E-state index in [4.69, 9.17) is 21.1 Å². The van der Waals surface area contributed by atoms with Crippen LogP contribution in [0.4, 0.5) is 0 Å². The Morgan fingerprint density at radius 2 is 2.00 bits per heavy atom. The van der Waals surface area contributed by atoms with Crippen LogP contribution in [0.3, 0.4) is 0 Å². The minimum Gasteiger partial charge on any atom is -0.493 e. The van der Waals surface area contributed by atoms with Crippen LogP contribution >= 0.6 is 11.6 Å². The molecule has 2 rings (SSSR count). The molecule has 2 nitrogen and oxygen atoms in total. The van der Waals surface area contributed by atoms with Crippen molar-refractivity contribution in [1.29, 1.82) is 0 Å². The van der Waals surface area contributed by atoms with Gasteiger partial charge in [-0.25, -0.2) is 0 Å². The number of methoxy groups -OCH3 is 2. The van der Waals surface area contributed by atoms with E-state index in [1.807, 2.05) is 12.1 Å². The fourth-order valence-electron chi connectivity index (χ4n) is 1.68. The van der Waals surface area contributed by atoms with E-state index in [1.54, 1.807) is 14.2 Å². The fourth-order valence-corrected chi connectivity index (χ4v) is 2.08. The van der Waals surface area contributed by atoms with E-state index in [-0.39, 0.29) is 23.3 Å². The van der Waals surface area contributed by atoms with Crippen LogP contribution in [0, 0.1) is 0 Å². The van der Waals surface area contributed by atoms with E-state index < -0.39 is 0 Å². The van der Waals surface area contributed by atoms with Crippen molar-refractivity contribution >= 4 is 29.6 Å². The molecule has 0 fully saturated rings. The molecule has 1 unspecified atom stereocenters. The Morgan fingerprint density at radius 1 is 1.29 bits per heavy atom. The number of fused-ring (bicyclic) bond motifs is 1. The summed E-state index contributed by atoms with van der Waals surface area (Å²) in [6, 6.07) is 3.95. The number of ether oxygens (including phenoxy) is 2. The van der Waals surface area contributed by atoms with Crippen LogP contribution < -0.4 is 9.47 Å². The van der Waals surface area contributed by atoms with E-state index in [9.17, 15) is 0 Å². The first-order chi connectivity index (χ1) is 6.27. The summed E-state index contributed by atoms with van der Waals surface area (Å²) in [6.45, 7) is 0. The largest absolute Gasteiger partial charge is 0.493 e. The number of hydrogen-bond acceptors (Lipinski definition) is 2. The summed E-state index contributed by atoms with van der Waals surface area (Å²) in [5.74, 6) is 1.54. The van der Waals surface area contributed by atoms with Crippen LogP contribution in [0.1, 0.15) is 16.5 Å². The van der Waals surface area contributed by atoms with Crippen molar-refractivity contribution in [2.75, 3.05) is 14.2 Å². The number of rotatable bonds is 2. The molecule has 0 saturated heterocycles. The summed E-state index contributed by atoms with van der Waals surface area (Å²) in [4.78, 5) is 0. The van der Waals surface area contributed by atoms with E-state index >= 15 is 0 Å². The molecule has 1 aromatic rings. The van der Waals surface area contributed by atoms with Crippen molar-refractivity contribution in [1.82, 2.24) is 0 Å². The zero-order valence-electron chi connectivity index (χ0n) is 8.08. The van der Waals surface area contributed by atoms with Crippen molar-refractivity contribution < 1.29 is 9.47 Å². The Kier molecular flexibility index (Phi) is 3.74. The average Bonchev–Trinajstić information content (AvgIpc) is 2.15. The maximum absolute atomic E-state index is 6.06. The molecular formula is C10H11AsClO2. The number of hydrogen-bond donors (Lipinski definition) is 0. The minimum absolute atomic E-state index is 0. The zero-order valence-corrected chi connectivity index (χ0v) is 10.7. The molecule has 3 radical (unpaired) electrons. The molecule has 14 heavy (non-hydrogen) atoms. The van der Waals surface area contributed by atoms with Gasteiger partial charge in [0.25, 0.3) is 0 Å². The normalized spacial score (nSPS) is 17.5. The first-order valence-corrected chi connectivity index (χ1v) is 4.59. The SMILES string of the molecule is COc1ccc2c(c1OC)C(Cl)C2.[As]. The van der Waals surface area contributed by atoms with Crippen LogP contribution in [0.2, 0.25) is 0 Å². The molecule has 0 heterocycles. The Bertz CT molecular complexity index is 341. The maximum atomic E-state index is 6.06. The molecular weight excluding hydrogens is 262 g/mol. The maximum Gasteiger partial charge on any atom is 0.165 e. The molecule has 1 aliphatic rings. The third kappa shape index (κ3) is 1.62. The first-order valence-electron chi connectivity index (χ1n) is 4.15. The van der Waals surface area contributed by atoms with Crippen molar-refractivity contribution in [3.05, 3.63) is 23.3 Å². The molecule has 0 N–H and O–H groups in total. The Balaban J connectivity index is 0.000000980. The molecule has 75 valence electrons. The van der Waals surface area contributed by atoms with Gasteiger partial charge in [-0.1, -0.05) is 6.07 Å². The molecule has 4 heteroatoms. The number of alkyl halides is 1. The standard InChI is InChI=1S/C10H11ClO2.As/c1-12-8-4-3-6-5-7(11)9(6)10(8)13-2;/h3-4,7H,5H2,1-2H3;. The number of halogens is 1. The van der Waals surface area contributed by atoms with E-state index in [1.165, 1.54) is 5.56 Å². The zero-order chi connectivity index (χ0) is 9.42. The predicted molar refractivity (Wildman–Crippen MR) is 57.6 cm³/mol. The Hall–Kier alpha value is -0.332. The van der Waals surface area contributed by atoms with Gasteiger partial charge in [-0.3, -0.25) is 0 Å². The summed E-state index contributed by atoms with van der Waals surface area (Å²) in [6.07, 6.45) is 0.928. The molecule has 0 amide bonds. The summed E-state index contributed by atoms with van der Waals surface area (Å²) < 4.78 is 10.4. The van der Waals surface area contributed by atoms with Gasteiger partial charge in [-0.15, -0.1) is 11.6 Å². The van der Waals surface area contributed by atoms with E-state index in [0.717, 1.165) is 23.5 Å². The van der Waals surface area contributed by atoms with Crippen LogP contribution in [-0.4, -0.2) is 32.2 Å². The third-order valence-corrected chi connectivity index (χ3v) is 2.76. The number of benzene rings is 1. The van der Waals surface area contributed by atoms with Crippen LogP contribution in [0.25, 0.3) is 0 Å². The molecule has 0 bridgehead atoms. The minimum atomic E-state index is 0. The van der Waals surface area contributed by atoms with Crippen molar-refractivity contribution in [2.45, 2.75) is 11.8 Å². The second kappa shape index (κ2) is 4.46. The van der Waals surface area contributed by atoms with Crippen LogP contribution in [-0.2, 0) is 6.42 Å². The molecule has 0 spiro atoms. The van der Waals surface area contributed by atoms with Crippen molar-refractivity contribution in [3.63, 3.8) is 0 Å². The van der Waals surface area contributed by atoms with Gasteiger partial charge in [0.1, 0.15) is 0 Å². The topological polar surface area (TPSA) is 18.5 Å². The van der Waals surface area contributed by atoms with Gasteiger partial charge >= 0.3 is 0 Å². The molecule has 0 aliphatic heterocycles. The average molecular weight is 274 g/mol. The Labute approximate surface area is 99.9 Å². The summed E-state index contributed by atoms with van der Waals surface area (Å²) >= 11 is 6.06. The molecule has 1 atom stereocenters. The summed E-state index contributed by atoms with van der Waals surface area (Å²) in [5.41, 5.74) is 2.35. The van der Waals surface area contributed by atoms with Crippen LogP contribution in [0.15, 0.2) is 12.1 Å². The van der Waals surface area contributed by atoms with Gasteiger partial charge in [-0.05, 0) is 18.1 Å². The quantitative estimate of drug-likeness (QED) is 0.607. The monoisotopic (exact) mass is 273 g/mol. The van der Waals surface area contributed by atoms with Gasteiger partial charge in [0.2, 0.25) is 0 Å². The summed E-state index contributed by atoms with van der Waals surface area (Å²) in [7, 11) is 3.27. The molecule has 0 aromatic heterocycles. The second-order valence-corrected chi connectivity index (χ2v) is 3.57. The van der Waals surface area contributed by atoms with Crippen molar-refractivity contribution in [3.8, 4) is 11.5 Å². The summed E-state index contributed by atoms with van der Waals surface area (Å²) in [5, 5.41) is 0.0834. The van der Waals surface area contributed by atoms with Gasteiger partial charge in [0.05, 0.1) is 19.6 Å². The van der Waals surface area contributed by atoms with E-state index in [0.29, 0.717) is 0 Å². The molecule has 1 aliphatic carbocycles. The fraction of sp³-hybridized carbons (Fsp3) is 0.400. The van der Waals surface area contributed by atoms with Gasteiger partial charge in [-0.2, -0.15) is 0 Å². The van der Waals surface area contributed by atoms with Gasteiger partial charge in [0, 0.05) is 23.5 Å². The molecule has 0 saturated carbocycles. The van der Waals surface area contributed by atoms with Crippen LogP contribution in [0.5, 0.6) is 11.5 Å². The molecule has 1 aromatic carbocycles. The second-order valence-electron chi connectivity index (χ2n) is 3.05. The first kappa shape index (κ1) is 11.7. The van der Waals surface area contributed by atoms with Gasteiger partial charge in [0.15, 0.2) is 11.5 Å². The van der Waals surface area contributed by atoms with Crippen molar-refractivity contribution in [2.24, 2.45) is 0 Å². The van der Waals surface area contributed by atoms with Gasteiger partial charge < -0.3 is 9.47 Å². The smallest absolute Gasteiger partial charge is 0.165 e. The third-order valence-electron chi connectivity index (χ3n) is 2.39. The Morgan fingerprint density at radius 3 is 2.50 bits per heavy atom.